The maximum Gasteiger partial charge on any atom is 0.195 e. The third kappa shape index (κ3) is 9.00. The monoisotopic (exact) mass is 434 g/mol. The third-order valence-corrected chi connectivity index (χ3v) is 3.14. The lowest BCUT2D eigenvalue weighted by atomic mass is 10.2. The van der Waals surface area contributed by atoms with Crippen molar-refractivity contribution in [2.75, 3.05) is 55.4 Å². The van der Waals surface area contributed by atoms with E-state index in [2.05, 4.69) is 36.1 Å². The van der Waals surface area contributed by atoms with Gasteiger partial charge in [0.15, 0.2) is 5.96 Å². The Hall–Kier alpha value is -1.02. The van der Waals surface area contributed by atoms with E-state index in [0.29, 0.717) is 6.54 Å². The van der Waals surface area contributed by atoms with Gasteiger partial charge in [0.05, 0.1) is 13.2 Å². The fourth-order valence-electron chi connectivity index (χ4n) is 2.11. The summed E-state index contributed by atoms with van der Waals surface area (Å²) in [6.07, 6.45) is 1.04. The Balaban J connectivity index is 0.00000484. The SMILES string of the molecule is CN(C)CCCOc1ccc(CN=C(N(C)C)N(C)C)cc1.I. The van der Waals surface area contributed by atoms with Gasteiger partial charge in [0.2, 0.25) is 0 Å². The average molecular weight is 434 g/mol. The maximum atomic E-state index is 5.73. The van der Waals surface area contributed by atoms with E-state index in [9.17, 15) is 0 Å². The van der Waals surface area contributed by atoms with Gasteiger partial charge in [-0.05, 0) is 38.2 Å². The summed E-state index contributed by atoms with van der Waals surface area (Å²) in [4.78, 5) is 10.8. The fourth-order valence-corrected chi connectivity index (χ4v) is 2.11. The van der Waals surface area contributed by atoms with Crippen LogP contribution in [-0.2, 0) is 6.54 Å². The zero-order valence-electron chi connectivity index (χ0n) is 15.2. The van der Waals surface area contributed by atoms with E-state index in [-0.39, 0.29) is 24.0 Å². The van der Waals surface area contributed by atoms with Gasteiger partial charge in [-0.15, -0.1) is 24.0 Å². The van der Waals surface area contributed by atoms with Gasteiger partial charge in [-0.2, -0.15) is 0 Å². The highest BCUT2D eigenvalue weighted by Gasteiger charge is 2.04. The Morgan fingerprint density at radius 1 is 0.957 bits per heavy atom. The number of hydrogen-bond acceptors (Lipinski definition) is 3. The van der Waals surface area contributed by atoms with Gasteiger partial charge < -0.3 is 19.4 Å². The van der Waals surface area contributed by atoms with Crippen molar-refractivity contribution in [1.82, 2.24) is 14.7 Å². The Kier molecular flexibility index (Phi) is 11.0. The molecule has 0 aliphatic rings. The van der Waals surface area contributed by atoms with Crippen LogP contribution in [0.15, 0.2) is 29.3 Å². The van der Waals surface area contributed by atoms with Crippen molar-refractivity contribution in [1.29, 1.82) is 0 Å². The molecule has 0 spiro atoms. The quantitative estimate of drug-likeness (QED) is 0.286. The molecule has 0 bridgehead atoms. The average Bonchev–Trinajstić information content (AvgIpc) is 2.44. The normalized spacial score (nSPS) is 10.0. The molecule has 5 nitrogen and oxygen atoms in total. The van der Waals surface area contributed by atoms with E-state index in [0.717, 1.165) is 31.3 Å². The molecule has 0 amide bonds. The number of benzene rings is 1. The van der Waals surface area contributed by atoms with E-state index >= 15 is 0 Å². The standard InChI is InChI=1S/C17H30N4O.HI/c1-19(2)12-7-13-22-16-10-8-15(9-11-16)14-18-17(20(3)4)21(5)6;/h8-11H,7,12-14H2,1-6H3;1H. The van der Waals surface area contributed by atoms with Gasteiger partial charge in [0.1, 0.15) is 5.75 Å². The summed E-state index contributed by atoms with van der Waals surface area (Å²) < 4.78 is 5.73. The minimum absolute atomic E-state index is 0. The number of guanidine groups is 1. The number of aliphatic imine (C=N–C) groups is 1. The van der Waals surface area contributed by atoms with Crippen LogP contribution in [0.5, 0.6) is 5.75 Å². The first-order valence-corrected chi connectivity index (χ1v) is 7.65. The Morgan fingerprint density at radius 2 is 1.52 bits per heavy atom. The second kappa shape index (κ2) is 11.5. The van der Waals surface area contributed by atoms with Crippen molar-refractivity contribution in [2.45, 2.75) is 13.0 Å². The summed E-state index contributed by atoms with van der Waals surface area (Å²) in [6.45, 7) is 2.47. The molecule has 0 radical (unpaired) electrons. The number of ether oxygens (including phenoxy) is 1. The lowest BCUT2D eigenvalue weighted by Crippen LogP contribution is -2.35. The Morgan fingerprint density at radius 3 is 2.00 bits per heavy atom. The molecule has 0 saturated heterocycles. The van der Waals surface area contributed by atoms with Gasteiger partial charge >= 0.3 is 0 Å². The molecular formula is C17H31IN4O. The molecule has 0 aliphatic heterocycles. The van der Waals surface area contributed by atoms with Gasteiger partial charge in [0, 0.05) is 34.7 Å². The molecule has 0 heterocycles. The Bertz CT molecular complexity index is 448. The summed E-state index contributed by atoms with van der Waals surface area (Å²) in [7, 11) is 12.2. The van der Waals surface area contributed by atoms with E-state index < -0.39 is 0 Å². The van der Waals surface area contributed by atoms with Crippen molar-refractivity contribution in [2.24, 2.45) is 4.99 Å². The molecule has 0 unspecified atom stereocenters. The van der Waals surface area contributed by atoms with Crippen LogP contribution in [0.1, 0.15) is 12.0 Å². The fraction of sp³-hybridized carbons (Fsp3) is 0.588. The summed E-state index contributed by atoms with van der Waals surface area (Å²) in [5, 5.41) is 0. The second-order valence-corrected chi connectivity index (χ2v) is 6.05. The van der Waals surface area contributed by atoms with E-state index in [1.54, 1.807) is 0 Å². The number of hydrogen-bond donors (Lipinski definition) is 0. The van der Waals surface area contributed by atoms with Crippen LogP contribution in [0.3, 0.4) is 0 Å². The summed E-state index contributed by atoms with van der Waals surface area (Å²) >= 11 is 0. The topological polar surface area (TPSA) is 31.3 Å². The lowest BCUT2D eigenvalue weighted by molar-refractivity contribution is 0.281. The molecule has 0 fully saturated rings. The number of nitrogens with zero attached hydrogens (tertiary/aromatic N) is 4. The van der Waals surface area contributed by atoms with Gasteiger partial charge in [0.25, 0.3) is 0 Å². The molecular weight excluding hydrogens is 403 g/mol. The number of rotatable bonds is 7. The molecule has 0 atom stereocenters. The largest absolute Gasteiger partial charge is 0.494 e. The van der Waals surface area contributed by atoms with Crippen LogP contribution in [0, 0.1) is 0 Å². The van der Waals surface area contributed by atoms with E-state index in [4.69, 9.17) is 4.74 Å². The predicted octanol–water partition coefficient (Wildman–Crippen LogP) is 2.61. The first-order chi connectivity index (χ1) is 10.4. The zero-order valence-corrected chi connectivity index (χ0v) is 17.6. The lowest BCUT2D eigenvalue weighted by Gasteiger charge is -2.22. The highest BCUT2D eigenvalue weighted by atomic mass is 127. The molecule has 132 valence electrons. The minimum atomic E-state index is 0. The molecule has 6 heteroatoms. The molecule has 23 heavy (non-hydrogen) atoms. The van der Waals surface area contributed by atoms with Crippen LogP contribution < -0.4 is 4.74 Å². The zero-order chi connectivity index (χ0) is 16.5. The van der Waals surface area contributed by atoms with Gasteiger partial charge in [-0.1, -0.05) is 12.1 Å². The Labute approximate surface area is 158 Å². The van der Waals surface area contributed by atoms with E-state index in [1.807, 2.05) is 50.1 Å². The highest BCUT2D eigenvalue weighted by Crippen LogP contribution is 2.13. The van der Waals surface area contributed by atoms with Crippen LogP contribution in [0.25, 0.3) is 0 Å². The van der Waals surface area contributed by atoms with Gasteiger partial charge in [-0.3, -0.25) is 0 Å². The molecule has 0 aliphatic carbocycles. The third-order valence-electron chi connectivity index (χ3n) is 3.14. The van der Waals surface area contributed by atoms with Crippen molar-refractivity contribution in [3.63, 3.8) is 0 Å². The highest BCUT2D eigenvalue weighted by molar-refractivity contribution is 14.0. The molecule has 0 N–H and O–H groups in total. The smallest absolute Gasteiger partial charge is 0.195 e. The van der Waals surface area contributed by atoms with Crippen LogP contribution in [0.2, 0.25) is 0 Å². The van der Waals surface area contributed by atoms with Crippen LogP contribution >= 0.6 is 24.0 Å². The van der Waals surface area contributed by atoms with Gasteiger partial charge in [-0.25, -0.2) is 4.99 Å². The molecule has 1 aromatic rings. The predicted molar refractivity (Wildman–Crippen MR) is 109 cm³/mol. The van der Waals surface area contributed by atoms with E-state index in [1.165, 1.54) is 5.56 Å². The molecule has 1 rings (SSSR count). The first kappa shape index (κ1) is 22.0. The summed E-state index contributed by atoms with van der Waals surface area (Å²) in [5.74, 6) is 1.89. The second-order valence-electron chi connectivity index (χ2n) is 6.05. The van der Waals surface area contributed by atoms with Crippen molar-refractivity contribution >= 4 is 29.9 Å². The summed E-state index contributed by atoms with van der Waals surface area (Å²) in [6, 6.07) is 8.19. The molecule has 0 aromatic heterocycles. The van der Waals surface area contributed by atoms with Crippen molar-refractivity contribution in [3.05, 3.63) is 29.8 Å². The van der Waals surface area contributed by atoms with Crippen LogP contribution in [-0.4, -0.2) is 76.1 Å². The molecule has 0 saturated carbocycles. The molecule has 1 aromatic carbocycles. The van der Waals surface area contributed by atoms with Crippen LogP contribution in [0.4, 0.5) is 0 Å². The minimum Gasteiger partial charge on any atom is -0.494 e. The summed E-state index contributed by atoms with van der Waals surface area (Å²) in [5.41, 5.74) is 1.18. The first-order valence-electron chi connectivity index (χ1n) is 7.65. The number of halogens is 1. The van der Waals surface area contributed by atoms with Crippen molar-refractivity contribution in [3.8, 4) is 5.75 Å². The maximum absolute atomic E-state index is 5.73. The van der Waals surface area contributed by atoms with Crippen molar-refractivity contribution < 1.29 is 4.74 Å².